The van der Waals surface area contributed by atoms with Crippen LogP contribution in [0.5, 0.6) is 5.75 Å². The van der Waals surface area contributed by atoms with E-state index < -0.39 is 34.7 Å². The molecule has 0 saturated carbocycles. The first-order valence-corrected chi connectivity index (χ1v) is 10.1. The van der Waals surface area contributed by atoms with Crippen molar-refractivity contribution in [3.05, 3.63) is 71.3 Å². The van der Waals surface area contributed by atoms with Gasteiger partial charge < -0.3 is 9.84 Å². The number of aliphatic carboxylic acids is 1. The SMILES string of the molecule is CCC(C)(CC(=O)c1cc(F)c2ccccc2c1OCc1ccc(C(F)(F)F)cn1)C(=O)O. The first-order valence-electron chi connectivity index (χ1n) is 10.1. The van der Waals surface area contributed by atoms with Crippen molar-refractivity contribution in [2.75, 3.05) is 0 Å². The number of halogens is 4. The highest BCUT2D eigenvalue weighted by Crippen LogP contribution is 2.36. The summed E-state index contributed by atoms with van der Waals surface area (Å²) in [7, 11) is 0. The van der Waals surface area contributed by atoms with Gasteiger partial charge in [0.15, 0.2) is 5.78 Å². The van der Waals surface area contributed by atoms with Crippen molar-refractivity contribution in [2.45, 2.75) is 39.5 Å². The van der Waals surface area contributed by atoms with Gasteiger partial charge in [-0.2, -0.15) is 13.2 Å². The van der Waals surface area contributed by atoms with Gasteiger partial charge >= 0.3 is 12.1 Å². The van der Waals surface area contributed by atoms with Crippen LogP contribution >= 0.6 is 0 Å². The van der Waals surface area contributed by atoms with Gasteiger partial charge in [-0.1, -0.05) is 31.2 Å². The number of hydrogen-bond donors (Lipinski definition) is 1. The maximum atomic E-state index is 14.7. The van der Waals surface area contributed by atoms with Crippen LogP contribution in [0.25, 0.3) is 10.8 Å². The number of rotatable bonds is 8. The summed E-state index contributed by atoms with van der Waals surface area (Å²) in [5.41, 5.74) is -2.24. The standard InChI is InChI=1S/C24H21F4NO4/c1-3-23(2,22(31)32)11-20(30)18-10-19(25)16-6-4-5-7-17(16)21(18)33-13-15-9-8-14(12-29-15)24(26,27)28/h4-10,12H,3,11,13H2,1-2H3,(H,31,32). The van der Waals surface area contributed by atoms with E-state index in [1.807, 2.05) is 0 Å². The van der Waals surface area contributed by atoms with Gasteiger partial charge in [-0.05, 0) is 31.5 Å². The van der Waals surface area contributed by atoms with E-state index in [-0.39, 0.29) is 47.2 Å². The number of Topliss-reactive ketones (excluding diaryl/α,β-unsaturated/α-hetero) is 1. The number of benzene rings is 2. The Morgan fingerprint density at radius 2 is 1.76 bits per heavy atom. The number of carbonyl (C=O) groups excluding carboxylic acids is 1. The van der Waals surface area contributed by atoms with E-state index in [0.29, 0.717) is 6.20 Å². The minimum Gasteiger partial charge on any atom is -0.486 e. The molecule has 0 aliphatic rings. The van der Waals surface area contributed by atoms with Gasteiger partial charge in [-0.3, -0.25) is 14.6 Å². The molecule has 0 aliphatic carbocycles. The Hall–Kier alpha value is -3.49. The summed E-state index contributed by atoms with van der Waals surface area (Å²) >= 11 is 0. The van der Waals surface area contributed by atoms with E-state index in [9.17, 15) is 32.3 Å². The van der Waals surface area contributed by atoms with E-state index in [1.165, 1.54) is 13.0 Å². The van der Waals surface area contributed by atoms with Crippen molar-refractivity contribution >= 4 is 22.5 Å². The Balaban J connectivity index is 1.99. The lowest BCUT2D eigenvalue weighted by atomic mass is 9.81. The Morgan fingerprint density at radius 3 is 2.30 bits per heavy atom. The predicted molar refractivity (Wildman–Crippen MR) is 112 cm³/mol. The highest BCUT2D eigenvalue weighted by molar-refractivity contribution is 6.06. The van der Waals surface area contributed by atoms with Crippen LogP contribution in [0.15, 0.2) is 48.7 Å². The molecule has 0 spiro atoms. The first-order chi connectivity index (χ1) is 15.5. The van der Waals surface area contributed by atoms with Gasteiger partial charge in [0, 0.05) is 23.4 Å². The van der Waals surface area contributed by atoms with Crippen LogP contribution in [0.3, 0.4) is 0 Å². The number of hydrogen-bond acceptors (Lipinski definition) is 4. The van der Waals surface area contributed by atoms with Gasteiger partial charge in [0.2, 0.25) is 0 Å². The molecule has 1 N–H and O–H groups in total. The second-order valence-corrected chi connectivity index (χ2v) is 7.92. The number of ketones is 1. The predicted octanol–water partition coefficient (Wildman–Crippen LogP) is 6.05. The van der Waals surface area contributed by atoms with Crippen LogP contribution in [0, 0.1) is 11.2 Å². The molecule has 1 aromatic heterocycles. The third-order valence-electron chi connectivity index (χ3n) is 5.61. The summed E-state index contributed by atoms with van der Waals surface area (Å²) in [6.07, 6.45) is -4.07. The lowest BCUT2D eigenvalue weighted by molar-refractivity contribution is -0.148. The van der Waals surface area contributed by atoms with Crippen LogP contribution in [-0.2, 0) is 17.6 Å². The molecule has 3 rings (SSSR count). The second kappa shape index (κ2) is 9.17. The van der Waals surface area contributed by atoms with Gasteiger partial charge in [0.1, 0.15) is 18.2 Å². The molecular formula is C24H21F4NO4. The minimum absolute atomic E-state index is 0.0162. The smallest absolute Gasteiger partial charge is 0.417 e. The Morgan fingerprint density at radius 1 is 1.09 bits per heavy atom. The Kier molecular flexibility index (Phi) is 6.71. The van der Waals surface area contributed by atoms with Crippen LogP contribution < -0.4 is 4.74 Å². The van der Waals surface area contributed by atoms with E-state index >= 15 is 0 Å². The number of ether oxygens (including phenoxy) is 1. The average Bonchev–Trinajstić information content (AvgIpc) is 2.77. The maximum absolute atomic E-state index is 14.7. The van der Waals surface area contributed by atoms with Crippen LogP contribution in [0.4, 0.5) is 17.6 Å². The van der Waals surface area contributed by atoms with E-state index in [0.717, 1.165) is 18.2 Å². The zero-order valence-corrected chi connectivity index (χ0v) is 17.9. The second-order valence-electron chi connectivity index (χ2n) is 7.92. The monoisotopic (exact) mass is 463 g/mol. The molecule has 3 aromatic rings. The largest absolute Gasteiger partial charge is 0.486 e. The summed E-state index contributed by atoms with van der Waals surface area (Å²) in [6.45, 7) is 2.78. The van der Waals surface area contributed by atoms with Crippen molar-refractivity contribution in [2.24, 2.45) is 5.41 Å². The third kappa shape index (κ3) is 5.13. The molecule has 0 amide bonds. The van der Waals surface area contributed by atoms with Crippen LogP contribution in [0.2, 0.25) is 0 Å². The van der Waals surface area contributed by atoms with Gasteiger partial charge in [0.25, 0.3) is 0 Å². The minimum atomic E-state index is -4.53. The van der Waals surface area contributed by atoms with Gasteiger partial charge in [0.05, 0.1) is 22.2 Å². The molecule has 0 bridgehead atoms. The van der Waals surface area contributed by atoms with Crippen LogP contribution in [0.1, 0.15) is 48.3 Å². The molecule has 0 saturated heterocycles. The number of aromatic nitrogens is 1. The van der Waals surface area contributed by atoms with Crippen molar-refractivity contribution in [1.82, 2.24) is 4.98 Å². The van der Waals surface area contributed by atoms with Crippen LogP contribution in [-0.4, -0.2) is 21.8 Å². The van der Waals surface area contributed by atoms with Gasteiger partial charge in [-0.15, -0.1) is 0 Å². The Bertz CT molecular complexity index is 1190. The molecule has 1 atom stereocenters. The summed E-state index contributed by atoms with van der Waals surface area (Å²) in [5, 5.41) is 9.97. The molecule has 0 radical (unpaired) electrons. The number of nitrogens with zero attached hydrogens (tertiary/aromatic N) is 1. The average molecular weight is 463 g/mol. The molecule has 0 aliphatic heterocycles. The summed E-state index contributed by atoms with van der Waals surface area (Å²) < 4.78 is 58.8. The third-order valence-corrected chi connectivity index (χ3v) is 5.61. The zero-order chi connectivity index (χ0) is 24.4. The number of carbonyl (C=O) groups is 2. The molecule has 2 aromatic carbocycles. The molecule has 0 fully saturated rings. The number of fused-ring (bicyclic) bond motifs is 1. The highest BCUT2D eigenvalue weighted by atomic mass is 19.4. The van der Waals surface area contributed by atoms with E-state index in [4.69, 9.17) is 4.74 Å². The number of carboxylic acid groups (broad SMARTS) is 1. The van der Waals surface area contributed by atoms with Gasteiger partial charge in [-0.25, -0.2) is 4.39 Å². The summed E-state index contributed by atoms with van der Waals surface area (Å²) in [6, 6.07) is 9.27. The van der Waals surface area contributed by atoms with E-state index in [2.05, 4.69) is 4.98 Å². The van der Waals surface area contributed by atoms with Crippen molar-refractivity contribution in [3.8, 4) is 5.75 Å². The molecule has 5 nitrogen and oxygen atoms in total. The Labute approximate surface area is 187 Å². The van der Waals surface area contributed by atoms with E-state index in [1.54, 1.807) is 25.1 Å². The fraction of sp³-hybridized carbons (Fsp3) is 0.292. The summed E-state index contributed by atoms with van der Waals surface area (Å²) in [5.74, 6) is -2.44. The molecule has 1 heterocycles. The molecule has 9 heteroatoms. The maximum Gasteiger partial charge on any atom is 0.417 e. The van der Waals surface area contributed by atoms with Crippen molar-refractivity contribution in [3.63, 3.8) is 0 Å². The summed E-state index contributed by atoms with van der Waals surface area (Å²) in [4.78, 5) is 28.4. The van der Waals surface area contributed by atoms with Crippen molar-refractivity contribution < 1.29 is 37.0 Å². The topological polar surface area (TPSA) is 76.5 Å². The highest BCUT2D eigenvalue weighted by Gasteiger charge is 2.35. The lowest BCUT2D eigenvalue weighted by Crippen LogP contribution is -2.30. The number of alkyl halides is 3. The zero-order valence-electron chi connectivity index (χ0n) is 17.9. The van der Waals surface area contributed by atoms with Crippen molar-refractivity contribution in [1.29, 1.82) is 0 Å². The number of carboxylic acids is 1. The number of pyridine rings is 1. The molecule has 33 heavy (non-hydrogen) atoms. The molecular weight excluding hydrogens is 442 g/mol. The molecule has 174 valence electrons. The fourth-order valence-electron chi connectivity index (χ4n) is 3.29. The normalized spacial score (nSPS) is 13.5. The lowest BCUT2D eigenvalue weighted by Gasteiger charge is -2.23. The molecule has 1 unspecified atom stereocenters. The fourth-order valence-corrected chi connectivity index (χ4v) is 3.29. The first kappa shape index (κ1) is 24.2. The quantitative estimate of drug-likeness (QED) is 0.325.